The molecule has 1 aliphatic heterocycles. The first-order valence-electron chi connectivity index (χ1n) is 7.04. The zero-order valence-corrected chi connectivity index (χ0v) is 11.6. The second-order valence-corrected chi connectivity index (χ2v) is 4.62. The molecule has 0 unspecified atom stereocenters. The van der Waals surface area contributed by atoms with E-state index in [9.17, 15) is 0 Å². The molecule has 0 amide bonds. The van der Waals surface area contributed by atoms with Crippen LogP contribution in [0.15, 0.2) is 24.3 Å². The number of hydrogen-bond donors (Lipinski definition) is 0. The Morgan fingerprint density at radius 2 is 1.58 bits per heavy atom. The molecule has 1 aromatic carbocycles. The summed E-state index contributed by atoms with van der Waals surface area (Å²) in [7, 11) is 0. The van der Waals surface area contributed by atoms with Gasteiger partial charge in [-0.1, -0.05) is 6.92 Å². The molecule has 1 heterocycles. The molecule has 1 aromatic rings. The molecule has 0 radical (unpaired) electrons. The van der Waals surface area contributed by atoms with Crippen molar-refractivity contribution in [1.82, 2.24) is 4.90 Å². The molecule has 0 bridgehead atoms. The second-order valence-electron chi connectivity index (χ2n) is 4.62. The van der Waals surface area contributed by atoms with E-state index in [0.29, 0.717) is 0 Å². The molecule has 2 rings (SSSR count). The first-order chi connectivity index (χ1) is 9.38. The topological polar surface area (TPSA) is 30.9 Å². The van der Waals surface area contributed by atoms with E-state index in [1.807, 2.05) is 24.3 Å². The Morgan fingerprint density at radius 3 is 2.16 bits per heavy atom. The Labute approximate surface area is 115 Å². The summed E-state index contributed by atoms with van der Waals surface area (Å²) in [5, 5.41) is 0. The highest BCUT2D eigenvalue weighted by molar-refractivity contribution is 5.31. The fourth-order valence-corrected chi connectivity index (χ4v) is 1.97. The van der Waals surface area contributed by atoms with Crippen molar-refractivity contribution in [3.8, 4) is 11.5 Å². The molecule has 1 fully saturated rings. The Hall–Kier alpha value is -1.26. The third-order valence-electron chi connectivity index (χ3n) is 3.08. The van der Waals surface area contributed by atoms with Gasteiger partial charge in [0.2, 0.25) is 0 Å². The molecular formula is C15H23NO3. The molecule has 0 aromatic heterocycles. The average Bonchev–Trinajstić information content (AvgIpc) is 2.47. The van der Waals surface area contributed by atoms with E-state index in [-0.39, 0.29) is 0 Å². The van der Waals surface area contributed by atoms with Gasteiger partial charge in [0.15, 0.2) is 0 Å². The van der Waals surface area contributed by atoms with Gasteiger partial charge in [0, 0.05) is 19.6 Å². The summed E-state index contributed by atoms with van der Waals surface area (Å²) < 4.78 is 16.6. The molecular weight excluding hydrogens is 242 g/mol. The highest BCUT2D eigenvalue weighted by atomic mass is 16.5. The summed E-state index contributed by atoms with van der Waals surface area (Å²) >= 11 is 0. The minimum Gasteiger partial charge on any atom is -0.494 e. The van der Waals surface area contributed by atoms with Gasteiger partial charge in [-0.2, -0.15) is 0 Å². The fourth-order valence-electron chi connectivity index (χ4n) is 1.97. The molecule has 0 saturated carbocycles. The first-order valence-corrected chi connectivity index (χ1v) is 7.04. The molecule has 4 heteroatoms. The van der Waals surface area contributed by atoms with Crippen LogP contribution in [0.4, 0.5) is 0 Å². The summed E-state index contributed by atoms with van der Waals surface area (Å²) in [5.41, 5.74) is 0. The zero-order valence-electron chi connectivity index (χ0n) is 11.6. The molecule has 0 aliphatic carbocycles. The first kappa shape index (κ1) is 14.2. The van der Waals surface area contributed by atoms with Crippen molar-refractivity contribution in [2.75, 3.05) is 46.1 Å². The fraction of sp³-hybridized carbons (Fsp3) is 0.600. The summed E-state index contributed by atoms with van der Waals surface area (Å²) in [6.07, 6.45) is 1.03. The highest BCUT2D eigenvalue weighted by Crippen LogP contribution is 2.17. The Morgan fingerprint density at radius 1 is 1.00 bits per heavy atom. The van der Waals surface area contributed by atoms with Crippen molar-refractivity contribution in [3.05, 3.63) is 24.3 Å². The molecule has 19 heavy (non-hydrogen) atoms. The van der Waals surface area contributed by atoms with E-state index in [0.717, 1.165) is 64.0 Å². The van der Waals surface area contributed by atoms with Crippen molar-refractivity contribution in [3.63, 3.8) is 0 Å². The number of morpholine rings is 1. The van der Waals surface area contributed by atoms with E-state index in [2.05, 4.69) is 11.8 Å². The minimum absolute atomic E-state index is 0.717. The van der Waals surface area contributed by atoms with Crippen LogP contribution in [0.3, 0.4) is 0 Å². The van der Waals surface area contributed by atoms with Crippen molar-refractivity contribution < 1.29 is 14.2 Å². The number of ether oxygens (including phenoxy) is 3. The van der Waals surface area contributed by atoms with Crippen LogP contribution in [0.25, 0.3) is 0 Å². The molecule has 1 aliphatic rings. The highest BCUT2D eigenvalue weighted by Gasteiger charge is 2.09. The maximum absolute atomic E-state index is 5.73. The van der Waals surface area contributed by atoms with Crippen LogP contribution in [-0.2, 0) is 4.74 Å². The maximum atomic E-state index is 5.73. The summed E-state index contributed by atoms with van der Waals surface area (Å²) in [5.74, 6) is 1.81. The van der Waals surface area contributed by atoms with Crippen LogP contribution in [0, 0.1) is 0 Å². The number of nitrogens with zero attached hydrogens (tertiary/aromatic N) is 1. The van der Waals surface area contributed by atoms with Gasteiger partial charge in [0.25, 0.3) is 0 Å². The number of rotatable bonds is 7. The SMILES string of the molecule is CCCOc1ccc(OCCN2CCOCC2)cc1. The summed E-state index contributed by atoms with van der Waals surface area (Å²) in [6.45, 7) is 8.22. The number of benzene rings is 1. The van der Waals surface area contributed by atoms with E-state index in [1.165, 1.54) is 0 Å². The predicted octanol–water partition coefficient (Wildman–Crippen LogP) is 2.19. The monoisotopic (exact) mass is 265 g/mol. The van der Waals surface area contributed by atoms with Gasteiger partial charge in [0.05, 0.1) is 19.8 Å². The third kappa shape index (κ3) is 5.09. The van der Waals surface area contributed by atoms with Gasteiger partial charge in [-0.3, -0.25) is 4.90 Å². The van der Waals surface area contributed by atoms with Crippen LogP contribution in [0.1, 0.15) is 13.3 Å². The molecule has 106 valence electrons. The van der Waals surface area contributed by atoms with Gasteiger partial charge < -0.3 is 14.2 Å². The average molecular weight is 265 g/mol. The van der Waals surface area contributed by atoms with Crippen LogP contribution in [-0.4, -0.2) is 51.0 Å². The molecule has 0 atom stereocenters. The summed E-state index contributed by atoms with van der Waals surface area (Å²) in [4.78, 5) is 2.36. The standard InChI is InChI=1S/C15H23NO3/c1-2-10-18-14-3-5-15(6-4-14)19-13-9-16-7-11-17-12-8-16/h3-6H,2,7-13H2,1H3. The summed E-state index contributed by atoms with van der Waals surface area (Å²) in [6, 6.07) is 7.84. The van der Waals surface area contributed by atoms with E-state index < -0.39 is 0 Å². The van der Waals surface area contributed by atoms with Crippen molar-refractivity contribution in [1.29, 1.82) is 0 Å². The molecule has 0 spiro atoms. The molecule has 0 N–H and O–H groups in total. The zero-order chi connectivity index (χ0) is 13.3. The maximum Gasteiger partial charge on any atom is 0.119 e. The quantitative estimate of drug-likeness (QED) is 0.756. The van der Waals surface area contributed by atoms with E-state index in [1.54, 1.807) is 0 Å². The Kier molecular flexibility index (Phi) is 5.98. The smallest absolute Gasteiger partial charge is 0.119 e. The lowest BCUT2D eigenvalue weighted by molar-refractivity contribution is 0.0322. The normalized spacial score (nSPS) is 16.3. The van der Waals surface area contributed by atoms with E-state index in [4.69, 9.17) is 14.2 Å². The Balaban J connectivity index is 1.67. The lowest BCUT2D eigenvalue weighted by Crippen LogP contribution is -2.38. The van der Waals surface area contributed by atoms with Crippen LogP contribution >= 0.6 is 0 Å². The lowest BCUT2D eigenvalue weighted by atomic mass is 10.3. The van der Waals surface area contributed by atoms with Crippen LogP contribution in [0.2, 0.25) is 0 Å². The van der Waals surface area contributed by atoms with Crippen LogP contribution < -0.4 is 9.47 Å². The van der Waals surface area contributed by atoms with Gasteiger partial charge >= 0.3 is 0 Å². The minimum atomic E-state index is 0.717. The van der Waals surface area contributed by atoms with Gasteiger partial charge in [-0.25, -0.2) is 0 Å². The Bertz CT molecular complexity index is 347. The van der Waals surface area contributed by atoms with Gasteiger partial charge in [0.1, 0.15) is 18.1 Å². The van der Waals surface area contributed by atoms with Gasteiger partial charge in [-0.05, 0) is 30.7 Å². The lowest BCUT2D eigenvalue weighted by Gasteiger charge is -2.26. The van der Waals surface area contributed by atoms with Gasteiger partial charge in [-0.15, -0.1) is 0 Å². The van der Waals surface area contributed by atoms with Crippen molar-refractivity contribution in [2.45, 2.75) is 13.3 Å². The van der Waals surface area contributed by atoms with Crippen molar-refractivity contribution in [2.24, 2.45) is 0 Å². The largest absolute Gasteiger partial charge is 0.494 e. The van der Waals surface area contributed by atoms with Crippen molar-refractivity contribution >= 4 is 0 Å². The third-order valence-corrected chi connectivity index (χ3v) is 3.08. The molecule has 4 nitrogen and oxygen atoms in total. The predicted molar refractivity (Wildman–Crippen MR) is 75.0 cm³/mol. The van der Waals surface area contributed by atoms with Crippen LogP contribution in [0.5, 0.6) is 11.5 Å². The number of hydrogen-bond acceptors (Lipinski definition) is 4. The second kappa shape index (κ2) is 8.02. The van der Waals surface area contributed by atoms with E-state index >= 15 is 0 Å². The molecule has 1 saturated heterocycles.